The summed E-state index contributed by atoms with van der Waals surface area (Å²) in [6.45, 7) is 4.14. The summed E-state index contributed by atoms with van der Waals surface area (Å²) in [6.07, 6.45) is 3.29. The van der Waals surface area contributed by atoms with Crippen LogP contribution >= 0.6 is 0 Å². The van der Waals surface area contributed by atoms with Crippen molar-refractivity contribution in [3.8, 4) is 0 Å². The second kappa shape index (κ2) is 4.89. The maximum absolute atomic E-state index is 10.9. The van der Waals surface area contributed by atoms with Gasteiger partial charge in [0.2, 0.25) is 5.76 Å². The van der Waals surface area contributed by atoms with Gasteiger partial charge in [0.15, 0.2) is 0 Å². The molecule has 2 N–H and O–H groups in total. The number of nitrogens with one attached hydrogen (secondary N) is 1. The molecule has 0 radical (unpaired) electrons. The van der Waals surface area contributed by atoms with Crippen molar-refractivity contribution in [1.82, 2.24) is 5.32 Å². The van der Waals surface area contributed by atoms with Gasteiger partial charge >= 0.3 is 5.97 Å². The molecule has 0 bridgehead atoms. The van der Waals surface area contributed by atoms with E-state index in [9.17, 15) is 4.79 Å². The van der Waals surface area contributed by atoms with Crippen LogP contribution in [-0.4, -0.2) is 29.8 Å². The molecule has 17 heavy (non-hydrogen) atoms. The zero-order valence-corrected chi connectivity index (χ0v) is 9.86. The molecule has 5 nitrogen and oxygen atoms in total. The molecule has 2 rings (SSSR count). The maximum atomic E-state index is 10.9. The Hall–Kier alpha value is -1.33. The first kappa shape index (κ1) is 12.1. The van der Waals surface area contributed by atoms with Gasteiger partial charge in [0.1, 0.15) is 0 Å². The van der Waals surface area contributed by atoms with Crippen LogP contribution in [0.25, 0.3) is 0 Å². The lowest BCUT2D eigenvalue weighted by atomic mass is 9.92. The first-order valence-electron chi connectivity index (χ1n) is 5.73. The van der Waals surface area contributed by atoms with E-state index in [1.54, 1.807) is 6.07 Å². The molecule has 1 aromatic heterocycles. The Morgan fingerprint density at radius 1 is 1.53 bits per heavy atom. The monoisotopic (exact) mass is 239 g/mol. The van der Waals surface area contributed by atoms with Crippen LogP contribution < -0.4 is 5.32 Å². The number of hydrogen-bond acceptors (Lipinski definition) is 4. The topological polar surface area (TPSA) is 71.7 Å². The minimum absolute atomic E-state index is 0.0191. The summed E-state index contributed by atoms with van der Waals surface area (Å²) in [5.41, 5.74) is 0.705. The highest BCUT2D eigenvalue weighted by molar-refractivity contribution is 5.86. The van der Waals surface area contributed by atoms with Gasteiger partial charge in [0, 0.05) is 30.9 Å². The molecule has 0 aliphatic carbocycles. The Morgan fingerprint density at radius 2 is 2.24 bits per heavy atom. The van der Waals surface area contributed by atoms with Crippen LogP contribution in [0.4, 0.5) is 0 Å². The molecule has 1 fully saturated rings. The number of rotatable bonds is 4. The lowest BCUT2D eigenvalue weighted by molar-refractivity contribution is 0.0443. The van der Waals surface area contributed by atoms with Crippen molar-refractivity contribution in [3.63, 3.8) is 0 Å². The lowest BCUT2D eigenvalue weighted by Crippen LogP contribution is -2.46. The highest BCUT2D eigenvalue weighted by atomic mass is 16.5. The Morgan fingerprint density at radius 3 is 2.88 bits per heavy atom. The second-order valence-electron chi connectivity index (χ2n) is 4.61. The Bertz CT molecular complexity index is 393. The van der Waals surface area contributed by atoms with E-state index in [1.165, 1.54) is 6.26 Å². The summed E-state index contributed by atoms with van der Waals surface area (Å²) in [5, 5.41) is 12.3. The average Bonchev–Trinajstić information content (AvgIpc) is 2.76. The van der Waals surface area contributed by atoms with Gasteiger partial charge in [-0.05, 0) is 25.8 Å². The zero-order valence-electron chi connectivity index (χ0n) is 9.86. The van der Waals surface area contributed by atoms with Gasteiger partial charge < -0.3 is 19.6 Å². The van der Waals surface area contributed by atoms with Crippen molar-refractivity contribution >= 4 is 5.97 Å². The molecule has 2 heterocycles. The van der Waals surface area contributed by atoms with E-state index >= 15 is 0 Å². The minimum Gasteiger partial charge on any atom is -0.475 e. The fourth-order valence-electron chi connectivity index (χ4n) is 1.97. The van der Waals surface area contributed by atoms with Crippen molar-refractivity contribution < 1.29 is 19.1 Å². The summed E-state index contributed by atoms with van der Waals surface area (Å²) in [5.74, 6) is -1.00. The molecule has 1 saturated heterocycles. The van der Waals surface area contributed by atoms with E-state index in [0.717, 1.165) is 26.1 Å². The van der Waals surface area contributed by atoms with Crippen molar-refractivity contribution in [1.29, 1.82) is 0 Å². The van der Waals surface area contributed by atoms with E-state index in [2.05, 4.69) is 12.2 Å². The van der Waals surface area contributed by atoms with Gasteiger partial charge in [0.05, 0.1) is 6.26 Å². The third kappa shape index (κ3) is 2.87. The van der Waals surface area contributed by atoms with Crippen LogP contribution in [0.3, 0.4) is 0 Å². The molecular weight excluding hydrogens is 222 g/mol. The van der Waals surface area contributed by atoms with Gasteiger partial charge in [-0.1, -0.05) is 0 Å². The molecule has 1 aromatic rings. The number of carbonyl (C=O) groups is 1. The van der Waals surface area contributed by atoms with Gasteiger partial charge in [0.25, 0.3) is 0 Å². The summed E-state index contributed by atoms with van der Waals surface area (Å²) in [4.78, 5) is 10.9. The van der Waals surface area contributed by atoms with Crippen molar-refractivity contribution in [2.45, 2.75) is 31.8 Å². The molecule has 94 valence electrons. The smallest absolute Gasteiger partial charge is 0.372 e. The van der Waals surface area contributed by atoms with Crippen LogP contribution in [0, 0.1) is 0 Å². The third-order valence-electron chi connectivity index (χ3n) is 3.24. The quantitative estimate of drug-likeness (QED) is 0.835. The third-order valence-corrected chi connectivity index (χ3v) is 3.24. The number of aromatic carboxylic acids is 1. The summed E-state index contributed by atoms with van der Waals surface area (Å²) in [7, 11) is 0. The molecule has 0 spiro atoms. The van der Waals surface area contributed by atoms with Gasteiger partial charge in [-0.15, -0.1) is 0 Å². The summed E-state index contributed by atoms with van der Waals surface area (Å²) in [6, 6.07) is 1.69. The molecule has 1 aliphatic rings. The van der Waals surface area contributed by atoms with E-state index in [4.69, 9.17) is 14.3 Å². The van der Waals surface area contributed by atoms with E-state index in [1.807, 2.05) is 0 Å². The fourth-order valence-corrected chi connectivity index (χ4v) is 1.97. The predicted molar refractivity (Wildman–Crippen MR) is 61.0 cm³/mol. The Balaban J connectivity index is 1.97. The Kier molecular flexibility index (Phi) is 3.49. The van der Waals surface area contributed by atoms with Gasteiger partial charge in [-0.25, -0.2) is 4.79 Å². The molecule has 0 amide bonds. The van der Waals surface area contributed by atoms with Gasteiger partial charge in [-0.2, -0.15) is 0 Å². The van der Waals surface area contributed by atoms with Crippen molar-refractivity contribution in [2.24, 2.45) is 0 Å². The molecular formula is C12H17NO4. The van der Waals surface area contributed by atoms with Crippen molar-refractivity contribution in [2.75, 3.05) is 13.2 Å². The largest absolute Gasteiger partial charge is 0.475 e. The van der Waals surface area contributed by atoms with Crippen LogP contribution in [0.15, 0.2) is 16.7 Å². The second-order valence-corrected chi connectivity index (χ2v) is 4.61. The number of furan rings is 1. The van der Waals surface area contributed by atoms with Crippen LogP contribution in [0.5, 0.6) is 0 Å². The number of carboxylic acid groups (broad SMARTS) is 1. The standard InChI is InChI=1S/C12H17NO4/c1-12(3-6-16-7-4-12)13-8-9-2-5-17-10(9)11(14)15/h2,5,13H,3-4,6-8H2,1H3,(H,14,15). The molecule has 0 saturated carbocycles. The molecule has 5 heteroatoms. The normalized spacial score (nSPS) is 19.1. The van der Waals surface area contributed by atoms with Crippen molar-refractivity contribution in [3.05, 3.63) is 23.7 Å². The van der Waals surface area contributed by atoms with E-state index in [0.29, 0.717) is 12.1 Å². The average molecular weight is 239 g/mol. The molecule has 0 atom stereocenters. The number of hydrogen-bond donors (Lipinski definition) is 2. The lowest BCUT2D eigenvalue weighted by Gasteiger charge is -2.34. The Labute approximate surface area is 99.8 Å². The maximum Gasteiger partial charge on any atom is 0.372 e. The molecule has 0 unspecified atom stereocenters. The van der Waals surface area contributed by atoms with E-state index in [-0.39, 0.29) is 11.3 Å². The zero-order chi connectivity index (χ0) is 12.3. The number of carboxylic acids is 1. The predicted octanol–water partition coefficient (Wildman–Crippen LogP) is 1.64. The molecule has 0 aromatic carbocycles. The highest BCUT2D eigenvalue weighted by Crippen LogP contribution is 2.21. The highest BCUT2D eigenvalue weighted by Gasteiger charge is 2.27. The minimum atomic E-state index is -1.02. The first-order chi connectivity index (χ1) is 8.11. The SMILES string of the molecule is CC1(NCc2ccoc2C(=O)O)CCOCC1. The summed E-state index contributed by atoms with van der Waals surface area (Å²) >= 11 is 0. The van der Waals surface area contributed by atoms with Crippen LogP contribution in [0.2, 0.25) is 0 Å². The summed E-state index contributed by atoms with van der Waals surface area (Å²) < 4.78 is 10.2. The van der Waals surface area contributed by atoms with Crippen LogP contribution in [0.1, 0.15) is 35.9 Å². The molecule has 1 aliphatic heterocycles. The first-order valence-corrected chi connectivity index (χ1v) is 5.73. The van der Waals surface area contributed by atoms with Gasteiger partial charge in [-0.3, -0.25) is 0 Å². The fraction of sp³-hybridized carbons (Fsp3) is 0.583. The number of ether oxygens (including phenoxy) is 1. The van der Waals surface area contributed by atoms with E-state index < -0.39 is 5.97 Å². The van der Waals surface area contributed by atoms with Crippen LogP contribution in [-0.2, 0) is 11.3 Å².